The number of esters is 1. The molecule has 3 heterocycles. The molecule has 3 aliphatic heterocycles. The van der Waals surface area contributed by atoms with Crippen LogP contribution in [-0.4, -0.2) is 127 Å². The first-order valence-electron chi connectivity index (χ1n) is 13.5. The molecular formula is C26H38O13. The summed E-state index contributed by atoms with van der Waals surface area (Å²) in [6.07, 6.45) is -12.6. The number of allylic oxidation sites excluding steroid dienone is 1. The van der Waals surface area contributed by atoms with Crippen LogP contribution in [0.2, 0.25) is 0 Å². The van der Waals surface area contributed by atoms with E-state index < -0.39 is 114 Å². The summed E-state index contributed by atoms with van der Waals surface area (Å²) < 4.78 is 23.4. The Morgan fingerprint density at radius 3 is 2.44 bits per heavy atom. The molecule has 17 atom stereocenters. The topological polar surface area (TPSA) is 216 Å². The predicted octanol–water partition coefficient (Wildman–Crippen LogP) is -3.25. The molecule has 3 aliphatic carbocycles. The molecule has 2 saturated carbocycles. The van der Waals surface area contributed by atoms with Crippen LogP contribution in [-0.2, 0) is 23.7 Å². The van der Waals surface area contributed by atoms with Gasteiger partial charge in [0.1, 0.15) is 36.6 Å². The van der Waals surface area contributed by atoms with E-state index in [1.807, 2.05) is 0 Å². The molecule has 13 heteroatoms. The van der Waals surface area contributed by atoms with Crippen LogP contribution in [0.15, 0.2) is 11.6 Å². The van der Waals surface area contributed by atoms with E-state index in [2.05, 4.69) is 0 Å². The minimum Gasteiger partial charge on any atom is -0.460 e. The fourth-order valence-electron chi connectivity index (χ4n) is 9.24. The van der Waals surface area contributed by atoms with Crippen molar-refractivity contribution in [2.24, 2.45) is 34.5 Å². The predicted molar refractivity (Wildman–Crippen MR) is 126 cm³/mol. The fraction of sp³-hybridized carbons (Fsp3) is 0.885. The summed E-state index contributed by atoms with van der Waals surface area (Å²) in [5.41, 5.74) is -1.60. The van der Waals surface area contributed by atoms with Gasteiger partial charge in [-0.15, -0.1) is 0 Å². The highest BCUT2D eigenvalue weighted by Gasteiger charge is 2.83. The van der Waals surface area contributed by atoms with Crippen molar-refractivity contribution >= 4 is 5.97 Å². The number of carbonyl (C=O) groups excluding carboxylic acids is 1. The van der Waals surface area contributed by atoms with Crippen molar-refractivity contribution in [2.75, 3.05) is 13.2 Å². The van der Waals surface area contributed by atoms with Crippen LogP contribution < -0.4 is 0 Å². The summed E-state index contributed by atoms with van der Waals surface area (Å²) in [7, 11) is 0. The first-order valence-corrected chi connectivity index (χ1v) is 13.5. The maximum atomic E-state index is 13.5. The second kappa shape index (κ2) is 8.88. The van der Waals surface area contributed by atoms with Gasteiger partial charge < -0.3 is 59.8 Å². The Balaban J connectivity index is 1.45. The number of aliphatic hydroxyl groups is 8. The average molecular weight is 559 g/mol. The number of carbonyl (C=O) groups is 1. The van der Waals surface area contributed by atoms with Crippen LogP contribution in [0.25, 0.3) is 0 Å². The standard InChI is InChI=1S/C26H38O13/c1-8-4-11(28)20(33)24(3)10(8)5-13-25-7-36-26(35,23(24)25)19(32)9(2)14(25)18(21(34)38-13)39-22-17(31)16(30)15(29)12(6-27)37-22/h4,9-20,22-23,27-33,35H,5-7H2,1-3H3. The quantitative estimate of drug-likeness (QED) is 0.126. The third-order valence-corrected chi connectivity index (χ3v) is 10.9. The van der Waals surface area contributed by atoms with Gasteiger partial charge in [0.25, 0.3) is 0 Å². The second-order valence-electron chi connectivity index (χ2n) is 12.6. The van der Waals surface area contributed by atoms with Crippen LogP contribution in [0, 0.1) is 34.5 Å². The van der Waals surface area contributed by atoms with Crippen molar-refractivity contribution < 1.29 is 64.6 Å². The number of hydrogen-bond acceptors (Lipinski definition) is 13. The molecule has 8 N–H and O–H groups in total. The number of hydrogen-bond donors (Lipinski definition) is 8. The first kappa shape index (κ1) is 27.9. The van der Waals surface area contributed by atoms with E-state index in [0.717, 1.165) is 5.57 Å². The van der Waals surface area contributed by atoms with Crippen molar-refractivity contribution in [2.45, 2.75) is 94.2 Å². The Hall–Kier alpha value is -1.23. The molecule has 2 bridgehead atoms. The molecule has 3 saturated heterocycles. The summed E-state index contributed by atoms with van der Waals surface area (Å²) >= 11 is 0. The molecule has 6 aliphatic rings. The van der Waals surface area contributed by atoms with Crippen LogP contribution in [0.4, 0.5) is 0 Å². The van der Waals surface area contributed by atoms with Crippen molar-refractivity contribution in [1.29, 1.82) is 0 Å². The summed E-state index contributed by atoms with van der Waals surface area (Å²) in [5, 5.41) is 86.1. The lowest BCUT2D eigenvalue weighted by Crippen LogP contribution is -2.78. The van der Waals surface area contributed by atoms with Crippen LogP contribution >= 0.6 is 0 Å². The molecule has 0 aromatic rings. The van der Waals surface area contributed by atoms with E-state index in [0.29, 0.717) is 0 Å². The Bertz CT molecular complexity index is 1050. The highest BCUT2D eigenvalue weighted by atomic mass is 16.7. The molecule has 0 aromatic carbocycles. The molecular weight excluding hydrogens is 520 g/mol. The van der Waals surface area contributed by atoms with Crippen molar-refractivity contribution in [3.63, 3.8) is 0 Å². The normalized spacial score (nSPS) is 60.2. The minimum absolute atomic E-state index is 0.138. The monoisotopic (exact) mass is 558 g/mol. The molecule has 5 fully saturated rings. The molecule has 220 valence electrons. The van der Waals surface area contributed by atoms with Crippen LogP contribution in [0.3, 0.4) is 0 Å². The Morgan fingerprint density at radius 2 is 1.77 bits per heavy atom. The third-order valence-electron chi connectivity index (χ3n) is 10.9. The maximum Gasteiger partial charge on any atom is 0.336 e. The number of aliphatic hydroxyl groups excluding tert-OH is 7. The number of rotatable bonds is 3. The zero-order chi connectivity index (χ0) is 28.4. The largest absolute Gasteiger partial charge is 0.460 e. The number of ether oxygens (including phenoxy) is 4. The summed E-state index contributed by atoms with van der Waals surface area (Å²) in [5.74, 6) is -6.01. The lowest BCUT2D eigenvalue weighted by atomic mass is 9.38. The average Bonchev–Trinajstić information content (AvgIpc) is 3.18. The Labute approximate surface area is 224 Å². The van der Waals surface area contributed by atoms with Gasteiger partial charge in [-0.05, 0) is 25.2 Å². The molecule has 0 aromatic heterocycles. The van der Waals surface area contributed by atoms with Gasteiger partial charge in [0.2, 0.25) is 0 Å². The summed E-state index contributed by atoms with van der Waals surface area (Å²) in [6.45, 7) is 4.35. The van der Waals surface area contributed by atoms with Gasteiger partial charge in [-0.2, -0.15) is 0 Å². The Kier molecular flexibility index (Phi) is 6.36. The zero-order valence-corrected chi connectivity index (χ0v) is 21.9. The fourth-order valence-corrected chi connectivity index (χ4v) is 9.24. The van der Waals surface area contributed by atoms with E-state index in [1.54, 1.807) is 26.8 Å². The molecule has 13 nitrogen and oxygen atoms in total. The van der Waals surface area contributed by atoms with Crippen LogP contribution in [0.5, 0.6) is 0 Å². The molecule has 17 unspecified atom stereocenters. The highest BCUT2D eigenvalue weighted by Crippen LogP contribution is 2.74. The first-order chi connectivity index (χ1) is 18.2. The van der Waals surface area contributed by atoms with E-state index in [4.69, 9.17) is 18.9 Å². The third kappa shape index (κ3) is 3.32. The van der Waals surface area contributed by atoms with Crippen molar-refractivity contribution in [1.82, 2.24) is 0 Å². The van der Waals surface area contributed by atoms with Gasteiger partial charge in [0.05, 0.1) is 25.4 Å². The van der Waals surface area contributed by atoms with Gasteiger partial charge in [-0.25, -0.2) is 4.79 Å². The van der Waals surface area contributed by atoms with Crippen molar-refractivity contribution in [3.05, 3.63) is 11.6 Å². The molecule has 6 rings (SSSR count). The van der Waals surface area contributed by atoms with Crippen LogP contribution in [0.1, 0.15) is 27.2 Å². The highest BCUT2D eigenvalue weighted by molar-refractivity contribution is 5.77. The Morgan fingerprint density at radius 1 is 1.08 bits per heavy atom. The summed E-state index contributed by atoms with van der Waals surface area (Å²) in [4.78, 5) is 13.5. The maximum absolute atomic E-state index is 13.5. The van der Waals surface area contributed by atoms with Gasteiger partial charge in [-0.1, -0.05) is 25.5 Å². The summed E-state index contributed by atoms with van der Waals surface area (Å²) in [6, 6.07) is 0. The van der Waals surface area contributed by atoms with Gasteiger partial charge >= 0.3 is 5.97 Å². The second-order valence-corrected chi connectivity index (χ2v) is 12.6. The van der Waals surface area contributed by atoms with Gasteiger partial charge in [0, 0.05) is 22.7 Å². The SMILES string of the molecule is CC1=CC(O)C(O)C2(C)C1CC1OC(=O)C(OC3OC(CO)C(O)C(O)C3O)C3C(C)C(O)C4(O)OCC13C42. The van der Waals surface area contributed by atoms with Crippen molar-refractivity contribution in [3.8, 4) is 0 Å². The lowest BCUT2D eigenvalue weighted by Gasteiger charge is -2.68. The van der Waals surface area contributed by atoms with Gasteiger partial charge in [-0.3, -0.25) is 0 Å². The van der Waals surface area contributed by atoms with E-state index in [1.165, 1.54) is 0 Å². The van der Waals surface area contributed by atoms with Gasteiger partial charge in [0.15, 0.2) is 18.2 Å². The molecule has 0 amide bonds. The molecule has 39 heavy (non-hydrogen) atoms. The van der Waals surface area contributed by atoms with E-state index in [9.17, 15) is 45.6 Å². The minimum atomic E-state index is -2.13. The smallest absolute Gasteiger partial charge is 0.336 e. The molecule has 0 radical (unpaired) electrons. The van der Waals surface area contributed by atoms with E-state index >= 15 is 0 Å². The lowest BCUT2D eigenvalue weighted by molar-refractivity contribution is -0.362. The van der Waals surface area contributed by atoms with E-state index in [-0.39, 0.29) is 13.0 Å². The number of fused-ring (bicyclic) bond motifs is 1. The molecule has 1 spiro atoms. The zero-order valence-electron chi connectivity index (χ0n) is 21.9.